The molecular formula is C25H41N5O5S3. The molecule has 10 nitrogen and oxygen atoms in total. The molecule has 1 unspecified atom stereocenters. The number of nitrogens with one attached hydrogen (secondary N) is 2. The van der Waals surface area contributed by atoms with Gasteiger partial charge in [0.2, 0.25) is 0 Å². The molecule has 3 aromatic rings. The lowest BCUT2D eigenvalue weighted by Crippen LogP contribution is -2.41. The van der Waals surface area contributed by atoms with Crippen LogP contribution < -0.4 is 10.5 Å². The van der Waals surface area contributed by atoms with Crippen LogP contribution in [0.25, 0.3) is 10.9 Å². The molecule has 214 valence electrons. The van der Waals surface area contributed by atoms with E-state index in [9.17, 15) is 4.21 Å². The lowest BCUT2D eigenvalue weighted by atomic mass is 10.2. The minimum Gasteiger partial charge on any atom is -0.491 e. The number of ether oxygens (including phenoxy) is 1. The molecule has 0 saturated carbocycles. The first-order valence-electron chi connectivity index (χ1n) is 11.1. The predicted molar refractivity (Wildman–Crippen MR) is 165 cm³/mol. The van der Waals surface area contributed by atoms with Crippen LogP contribution in [0.15, 0.2) is 47.6 Å². The molecule has 38 heavy (non-hydrogen) atoms. The number of H-pyrrole nitrogens is 2. The van der Waals surface area contributed by atoms with Crippen molar-refractivity contribution in [1.29, 1.82) is 0 Å². The van der Waals surface area contributed by atoms with Gasteiger partial charge in [-0.2, -0.15) is 0 Å². The second-order valence-electron chi connectivity index (χ2n) is 7.99. The molecule has 0 radical (unpaired) electrons. The van der Waals surface area contributed by atoms with E-state index in [-0.39, 0.29) is 39.0 Å². The standard InChI is InChI=1S/C18H24N4O3S2.C5H5NS.2CH4.2H2O/c19-15-9-13(25-4-3-23)7-12-8-16(21-17(12)15)18-20-10-14(26-18)11-22-1-5-27(24)6-2-22;7-5-3-1-2-4-6-5;;;;/h7-9,14,21,23H,1-6,10-11,19H2;1-4H,(H,6,7);2*1H4;2*1H2. The van der Waals surface area contributed by atoms with Crippen LogP contribution in [-0.4, -0.2) is 96.3 Å². The number of anilines is 1. The molecule has 0 bridgehead atoms. The highest BCUT2D eigenvalue weighted by atomic mass is 32.2. The number of hydrogen-bond acceptors (Lipinski definition) is 8. The maximum Gasteiger partial charge on any atom is 0.122 e. The van der Waals surface area contributed by atoms with Gasteiger partial charge in [-0.1, -0.05) is 44.9 Å². The minimum absolute atomic E-state index is 0. The van der Waals surface area contributed by atoms with Crippen molar-refractivity contribution in [2.75, 3.05) is 56.6 Å². The zero-order chi connectivity index (χ0) is 23.9. The van der Waals surface area contributed by atoms with Crippen molar-refractivity contribution in [3.63, 3.8) is 0 Å². The monoisotopic (exact) mass is 587 g/mol. The Morgan fingerprint density at radius 2 is 1.95 bits per heavy atom. The van der Waals surface area contributed by atoms with Gasteiger partial charge in [0.1, 0.15) is 22.0 Å². The van der Waals surface area contributed by atoms with Crippen molar-refractivity contribution in [2.45, 2.75) is 20.1 Å². The first-order chi connectivity index (χ1) is 16.5. The molecule has 2 aliphatic heterocycles. The summed E-state index contributed by atoms with van der Waals surface area (Å²) in [6.45, 7) is 3.83. The minimum atomic E-state index is -0.635. The molecule has 1 aromatic carbocycles. The summed E-state index contributed by atoms with van der Waals surface area (Å²) < 4.78 is 17.8. The summed E-state index contributed by atoms with van der Waals surface area (Å²) >= 11 is 6.55. The van der Waals surface area contributed by atoms with E-state index in [2.05, 4.69) is 20.9 Å². The van der Waals surface area contributed by atoms with Crippen molar-refractivity contribution in [2.24, 2.45) is 4.99 Å². The van der Waals surface area contributed by atoms with E-state index in [0.717, 1.165) is 64.0 Å². The van der Waals surface area contributed by atoms with E-state index < -0.39 is 10.8 Å². The number of nitrogens with two attached hydrogens (primary N) is 1. The van der Waals surface area contributed by atoms with Gasteiger partial charge in [-0.25, -0.2) is 0 Å². The average Bonchev–Trinajstić information content (AvgIpc) is 3.47. The SMILES string of the molecule is C.C.Nc1cc(OCCO)cc2cc(C3=NCC(CN4CCS(=O)CC4)S3)[nH]c12.O.O.S=c1cccc[nH]1. The smallest absolute Gasteiger partial charge is 0.122 e. The van der Waals surface area contributed by atoms with E-state index in [1.54, 1.807) is 17.8 Å². The summed E-state index contributed by atoms with van der Waals surface area (Å²) in [5, 5.41) is 11.3. The van der Waals surface area contributed by atoms with Gasteiger partial charge in [-0.15, -0.1) is 0 Å². The fourth-order valence-corrected chi connectivity index (χ4v) is 6.20. The van der Waals surface area contributed by atoms with Gasteiger partial charge in [0.25, 0.3) is 0 Å². The van der Waals surface area contributed by atoms with Crippen LogP contribution in [0.3, 0.4) is 0 Å². The van der Waals surface area contributed by atoms with Gasteiger partial charge in [-0.3, -0.25) is 9.20 Å². The number of rotatable bonds is 6. The molecule has 0 amide bonds. The number of fused-ring (bicyclic) bond motifs is 1. The van der Waals surface area contributed by atoms with Crippen LogP contribution in [0.2, 0.25) is 0 Å². The Hall–Kier alpha value is -2.26. The molecule has 2 aromatic heterocycles. The molecule has 5 rings (SSSR count). The summed E-state index contributed by atoms with van der Waals surface area (Å²) in [6, 6.07) is 11.4. The van der Waals surface area contributed by atoms with Crippen LogP contribution in [0.1, 0.15) is 20.5 Å². The number of benzene rings is 1. The van der Waals surface area contributed by atoms with Crippen molar-refractivity contribution >= 4 is 56.4 Å². The number of nitrogens with zero attached hydrogens (tertiary/aromatic N) is 2. The van der Waals surface area contributed by atoms with Gasteiger partial charge in [-0.05, 0) is 24.3 Å². The van der Waals surface area contributed by atoms with E-state index in [1.165, 1.54) is 0 Å². The number of aliphatic hydroxyl groups is 1. The van der Waals surface area contributed by atoms with Gasteiger partial charge in [0.05, 0.1) is 30.0 Å². The Morgan fingerprint density at radius 1 is 1.21 bits per heavy atom. The summed E-state index contributed by atoms with van der Waals surface area (Å²) in [5.74, 6) is 2.22. The first kappa shape index (κ1) is 35.7. The molecule has 13 heteroatoms. The van der Waals surface area contributed by atoms with E-state index in [1.807, 2.05) is 30.5 Å². The quantitative estimate of drug-likeness (QED) is 0.252. The predicted octanol–water partition coefficient (Wildman–Crippen LogP) is 2.41. The van der Waals surface area contributed by atoms with Crippen molar-refractivity contribution in [3.8, 4) is 5.75 Å². The molecule has 1 fully saturated rings. The lowest BCUT2D eigenvalue weighted by Gasteiger charge is -2.27. The van der Waals surface area contributed by atoms with E-state index >= 15 is 0 Å². The van der Waals surface area contributed by atoms with Crippen LogP contribution in [-0.2, 0) is 10.8 Å². The number of aromatic nitrogens is 2. The normalized spacial score (nSPS) is 17.0. The third-order valence-electron chi connectivity index (χ3n) is 5.45. The molecule has 0 spiro atoms. The lowest BCUT2D eigenvalue weighted by molar-refractivity contribution is 0.201. The number of hydrogen-bond donors (Lipinski definition) is 4. The number of aromatic amines is 2. The zero-order valence-electron chi connectivity index (χ0n) is 19.7. The molecule has 2 aliphatic rings. The van der Waals surface area contributed by atoms with E-state index in [0.29, 0.717) is 16.7 Å². The topological polar surface area (TPSA) is 183 Å². The van der Waals surface area contributed by atoms with Crippen molar-refractivity contribution in [1.82, 2.24) is 14.9 Å². The second-order valence-corrected chi connectivity index (χ2v) is 11.4. The summed E-state index contributed by atoms with van der Waals surface area (Å²) in [4.78, 5) is 13.3. The maximum absolute atomic E-state index is 11.5. The third kappa shape index (κ3) is 9.80. The Labute approximate surface area is 236 Å². The Bertz CT molecular complexity index is 1210. The summed E-state index contributed by atoms with van der Waals surface area (Å²) in [7, 11) is -0.635. The molecule has 1 saturated heterocycles. The first-order valence-corrected chi connectivity index (χ1v) is 13.9. The highest BCUT2D eigenvalue weighted by molar-refractivity contribution is 8.15. The fourth-order valence-electron chi connectivity index (χ4n) is 3.79. The Kier molecular flexibility index (Phi) is 16.3. The zero-order valence-corrected chi connectivity index (χ0v) is 22.2. The third-order valence-corrected chi connectivity index (χ3v) is 8.19. The molecule has 4 heterocycles. The van der Waals surface area contributed by atoms with Crippen molar-refractivity contribution in [3.05, 3.63) is 52.9 Å². The van der Waals surface area contributed by atoms with Gasteiger partial charge in [0.15, 0.2) is 0 Å². The van der Waals surface area contributed by atoms with Gasteiger partial charge in [0, 0.05) is 64.8 Å². The largest absolute Gasteiger partial charge is 0.491 e. The average molecular weight is 588 g/mol. The number of pyridine rings is 1. The van der Waals surface area contributed by atoms with Crippen LogP contribution in [0, 0.1) is 4.64 Å². The van der Waals surface area contributed by atoms with Gasteiger partial charge < -0.3 is 41.4 Å². The van der Waals surface area contributed by atoms with Gasteiger partial charge >= 0.3 is 0 Å². The number of nitrogen functional groups attached to an aromatic ring is 1. The Balaban J connectivity index is 0.00000109. The molecule has 9 N–H and O–H groups in total. The second kappa shape index (κ2) is 17.4. The van der Waals surface area contributed by atoms with E-state index in [4.69, 9.17) is 32.8 Å². The number of thioether (sulfide) groups is 1. The number of aliphatic hydroxyl groups excluding tert-OH is 1. The van der Waals surface area contributed by atoms with Crippen LogP contribution in [0.4, 0.5) is 5.69 Å². The molecular weight excluding hydrogens is 547 g/mol. The van der Waals surface area contributed by atoms with Crippen molar-refractivity contribution < 1.29 is 25.0 Å². The highest BCUT2D eigenvalue weighted by Crippen LogP contribution is 2.32. The van der Waals surface area contributed by atoms with Crippen LogP contribution >= 0.6 is 24.0 Å². The summed E-state index contributed by atoms with van der Waals surface area (Å²) in [5.41, 5.74) is 8.63. The van der Waals surface area contributed by atoms with Crippen LogP contribution in [0.5, 0.6) is 5.75 Å². The molecule has 0 aliphatic carbocycles. The number of aliphatic imine (C=N–C) groups is 1. The Morgan fingerprint density at radius 3 is 2.55 bits per heavy atom. The molecule has 1 atom stereocenters. The fraction of sp³-hybridized carbons (Fsp3) is 0.440. The highest BCUT2D eigenvalue weighted by Gasteiger charge is 2.26. The maximum atomic E-state index is 11.5. The summed E-state index contributed by atoms with van der Waals surface area (Å²) in [6.07, 6.45) is 1.81.